The minimum atomic E-state index is 0.569. The van der Waals surface area contributed by atoms with Crippen LogP contribution < -0.4 is 5.32 Å². The molecule has 1 heterocycles. The van der Waals surface area contributed by atoms with E-state index < -0.39 is 0 Å². The van der Waals surface area contributed by atoms with Crippen molar-refractivity contribution < 1.29 is 4.79 Å². The number of anilines is 2. The third kappa shape index (κ3) is 2.42. The van der Waals surface area contributed by atoms with Gasteiger partial charge in [0.25, 0.3) is 0 Å². The Balaban J connectivity index is 2.48. The maximum absolute atomic E-state index is 11.0. The Morgan fingerprint density at radius 3 is 2.65 bits per heavy atom. The summed E-state index contributed by atoms with van der Waals surface area (Å²) in [7, 11) is 0. The van der Waals surface area contributed by atoms with Crippen molar-refractivity contribution in [3.05, 3.63) is 52.3 Å². The molecule has 1 aromatic heterocycles. The number of aromatic nitrogens is 1. The monoisotopic (exact) mass is 244 g/mol. The van der Waals surface area contributed by atoms with Crippen molar-refractivity contribution in [1.82, 2.24) is 4.98 Å². The molecule has 0 bridgehead atoms. The summed E-state index contributed by atoms with van der Waals surface area (Å²) in [5.41, 5.74) is 3.13. The SMILES string of the molecule is Cc1c(Nc2ccccc2)c(C=O)c[nH]c1=S. The molecule has 86 valence electrons. The zero-order valence-corrected chi connectivity index (χ0v) is 10.2. The van der Waals surface area contributed by atoms with Gasteiger partial charge < -0.3 is 10.3 Å². The van der Waals surface area contributed by atoms with Crippen LogP contribution >= 0.6 is 12.2 Å². The van der Waals surface area contributed by atoms with Crippen LogP contribution in [0.4, 0.5) is 11.4 Å². The Bertz CT molecular complexity index is 590. The van der Waals surface area contributed by atoms with Crippen LogP contribution in [-0.4, -0.2) is 11.3 Å². The number of hydrogen-bond acceptors (Lipinski definition) is 3. The summed E-state index contributed by atoms with van der Waals surface area (Å²) in [5, 5.41) is 3.21. The molecule has 3 nitrogen and oxygen atoms in total. The second-order valence-electron chi connectivity index (χ2n) is 3.68. The van der Waals surface area contributed by atoms with Crippen molar-refractivity contribution in [2.45, 2.75) is 6.92 Å². The minimum Gasteiger partial charge on any atom is -0.355 e. The van der Waals surface area contributed by atoms with Crippen molar-refractivity contribution in [2.24, 2.45) is 0 Å². The molecule has 0 aliphatic carbocycles. The van der Waals surface area contributed by atoms with Gasteiger partial charge in [0.15, 0.2) is 6.29 Å². The molecule has 2 rings (SSSR count). The fourth-order valence-electron chi connectivity index (χ4n) is 1.58. The molecule has 0 aliphatic rings. The molecule has 0 saturated carbocycles. The molecule has 0 atom stereocenters. The van der Waals surface area contributed by atoms with Gasteiger partial charge in [-0.1, -0.05) is 30.4 Å². The summed E-state index contributed by atoms with van der Waals surface area (Å²) in [6.45, 7) is 1.89. The van der Waals surface area contributed by atoms with Crippen LogP contribution in [0.15, 0.2) is 36.5 Å². The zero-order chi connectivity index (χ0) is 12.3. The average Bonchev–Trinajstić information content (AvgIpc) is 2.37. The quantitative estimate of drug-likeness (QED) is 0.640. The van der Waals surface area contributed by atoms with Crippen LogP contribution in [0.3, 0.4) is 0 Å². The number of para-hydroxylation sites is 1. The highest BCUT2D eigenvalue weighted by Crippen LogP contribution is 2.23. The van der Waals surface area contributed by atoms with E-state index in [9.17, 15) is 4.79 Å². The van der Waals surface area contributed by atoms with Gasteiger partial charge in [0.05, 0.1) is 11.3 Å². The molecular formula is C13H12N2OS. The Labute approximate surface area is 105 Å². The lowest BCUT2D eigenvalue weighted by atomic mass is 10.1. The van der Waals surface area contributed by atoms with Crippen LogP contribution in [0.1, 0.15) is 15.9 Å². The van der Waals surface area contributed by atoms with Gasteiger partial charge in [0.2, 0.25) is 0 Å². The molecule has 0 saturated heterocycles. The molecule has 0 spiro atoms. The first kappa shape index (κ1) is 11.5. The van der Waals surface area contributed by atoms with Gasteiger partial charge in [-0.2, -0.15) is 0 Å². The first-order valence-electron chi connectivity index (χ1n) is 5.22. The van der Waals surface area contributed by atoms with Crippen LogP contribution in [0.25, 0.3) is 0 Å². The highest BCUT2D eigenvalue weighted by molar-refractivity contribution is 7.71. The van der Waals surface area contributed by atoms with E-state index in [1.54, 1.807) is 6.20 Å². The van der Waals surface area contributed by atoms with Gasteiger partial charge in [0, 0.05) is 17.4 Å². The standard InChI is InChI=1S/C13H12N2OS/c1-9-12(10(8-16)7-14-13(9)17)15-11-5-3-2-4-6-11/h2-8H,1H3,(H2,14,15,17). The van der Waals surface area contributed by atoms with E-state index in [0.29, 0.717) is 10.2 Å². The van der Waals surface area contributed by atoms with Crippen molar-refractivity contribution in [2.75, 3.05) is 5.32 Å². The van der Waals surface area contributed by atoms with Crippen molar-refractivity contribution in [3.63, 3.8) is 0 Å². The summed E-state index contributed by atoms with van der Waals surface area (Å²) in [6.07, 6.45) is 2.43. The number of benzene rings is 1. The van der Waals surface area contributed by atoms with Crippen LogP contribution in [0, 0.1) is 11.6 Å². The molecule has 0 amide bonds. The number of nitrogens with one attached hydrogen (secondary N) is 2. The maximum Gasteiger partial charge on any atom is 0.153 e. The van der Waals surface area contributed by atoms with E-state index in [4.69, 9.17) is 12.2 Å². The van der Waals surface area contributed by atoms with Gasteiger partial charge in [-0.3, -0.25) is 4.79 Å². The average molecular weight is 244 g/mol. The smallest absolute Gasteiger partial charge is 0.153 e. The van der Waals surface area contributed by atoms with E-state index in [-0.39, 0.29) is 0 Å². The number of carbonyl (C=O) groups excluding carboxylic acids is 1. The number of H-pyrrole nitrogens is 1. The zero-order valence-electron chi connectivity index (χ0n) is 9.36. The minimum absolute atomic E-state index is 0.569. The van der Waals surface area contributed by atoms with Gasteiger partial charge in [0.1, 0.15) is 4.64 Å². The first-order chi connectivity index (χ1) is 8.22. The Morgan fingerprint density at radius 1 is 1.29 bits per heavy atom. The molecule has 2 N–H and O–H groups in total. The second kappa shape index (κ2) is 4.93. The van der Waals surface area contributed by atoms with Gasteiger partial charge in [-0.15, -0.1) is 0 Å². The molecule has 0 fully saturated rings. The van der Waals surface area contributed by atoms with Crippen molar-refractivity contribution in [1.29, 1.82) is 0 Å². The highest BCUT2D eigenvalue weighted by Gasteiger charge is 2.06. The third-order valence-corrected chi connectivity index (χ3v) is 2.96. The number of carbonyl (C=O) groups is 1. The number of rotatable bonds is 3. The predicted octanol–water partition coefficient (Wildman–Crippen LogP) is 3.61. The molecule has 0 radical (unpaired) electrons. The summed E-state index contributed by atoms with van der Waals surface area (Å²) in [4.78, 5) is 13.9. The number of pyridine rings is 1. The first-order valence-corrected chi connectivity index (χ1v) is 5.62. The number of aldehydes is 1. The third-order valence-electron chi connectivity index (χ3n) is 2.53. The highest BCUT2D eigenvalue weighted by atomic mass is 32.1. The maximum atomic E-state index is 11.0. The van der Waals surface area contributed by atoms with E-state index in [0.717, 1.165) is 23.2 Å². The largest absolute Gasteiger partial charge is 0.355 e. The lowest BCUT2D eigenvalue weighted by molar-refractivity contribution is 0.112. The molecule has 4 heteroatoms. The van der Waals surface area contributed by atoms with E-state index in [2.05, 4.69) is 10.3 Å². The summed E-state index contributed by atoms with van der Waals surface area (Å²) in [6, 6.07) is 9.68. The van der Waals surface area contributed by atoms with Crippen molar-refractivity contribution in [3.8, 4) is 0 Å². The Morgan fingerprint density at radius 2 is 2.00 bits per heavy atom. The second-order valence-corrected chi connectivity index (χ2v) is 4.09. The fourth-order valence-corrected chi connectivity index (χ4v) is 1.74. The molecular weight excluding hydrogens is 232 g/mol. The normalized spacial score (nSPS) is 9.94. The Kier molecular flexibility index (Phi) is 3.35. The molecule has 0 aliphatic heterocycles. The summed E-state index contributed by atoms with van der Waals surface area (Å²) >= 11 is 5.15. The van der Waals surface area contributed by atoms with Crippen molar-refractivity contribution >= 4 is 29.9 Å². The topological polar surface area (TPSA) is 44.9 Å². The Hall–Kier alpha value is -1.94. The summed E-state index contributed by atoms with van der Waals surface area (Å²) in [5.74, 6) is 0. The number of hydrogen-bond donors (Lipinski definition) is 2. The fraction of sp³-hybridized carbons (Fsp3) is 0.0769. The van der Waals surface area contributed by atoms with Crippen LogP contribution in [-0.2, 0) is 0 Å². The van der Waals surface area contributed by atoms with E-state index >= 15 is 0 Å². The van der Waals surface area contributed by atoms with Gasteiger partial charge in [-0.05, 0) is 19.1 Å². The lowest BCUT2D eigenvalue weighted by Gasteiger charge is -2.11. The molecule has 1 aromatic carbocycles. The van der Waals surface area contributed by atoms with Crippen LogP contribution in [0.5, 0.6) is 0 Å². The van der Waals surface area contributed by atoms with E-state index in [1.807, 2.05) is 37.3 Å². The number of aromatic amines is 1. The van der Waals surface area contributed by atoms with Gasteiger partial charge >= 0.3 is 0 Å². The molecule has 2 aromatic rings. The van der Waals surface area contributed by atoms with Crippen LogP contribution in [0.2, 0.25) is 0 Å². The molecule has 0 unspecified atom stereocenters. The predicted molar refractivity (Wildman–Crippen MR) is 71.5 cm³/mol. The summed E-state index contributed by atoms with van der Waals surface area (Å²) < 4.78 is 0.633. The molecule has 17 heavy (non-hydrogen) atoms. The van der Waals surface area contributed by atoms with E-state index in [1.165, 1.54) is 0 Å². The lowest BCUT2D eigenvalue weighted by Crippen LogP contribution is -2.00. The van der Waals surface area contributed by atoms with Gasteiger partial charge in [-0.25, -0.2) is 0 Å².